The third kappa shape index (κ3) is 5.51. The van der Waals surface area contributed by atoms with Crippen LogP contribution >= 0.6 is 11.6 Å². The minimum absolute atomic E-state index is 0.0289. The van der Waals surface area contributed by atoms with Crippen LogP contribution in [0.2, 0.25) is 5.02 Å². The molecule has 9 heteroatoms. The van der Waals surface area contributed by atoms with E-state index >= 15 is 0 Å². The lowest BCUT2D eigenvalue weighted by Crippen LogP contribution is -2.28. The molecule has 156 valence electrons. The molecule has 0 fully saturated rings. The summed E-state index contributed by atoms with van der Waals surface area (Å²) in [6.45, 7) is 0.969. The summed E-state index contributed by atoms with van der Waals surface area (Å²) >= 11 is 6.20. The summed E-state index contributed by atoms with van der Waals surface area (Å²) in [7, 11) is 0. The Hall–Kier alpha value is -3.52. The predicted octanol–water partition coefficient (Wildman–Crippen LogP) is 2.37. The number of carbonyl (C=O) groups is 3. The van der Waals surface area contributed by atoms with Gasteiger partial charge in [0.1, 0.15) is 13.2 Å². The fourth-order valence-corrected chi connectivity index (χ4v) is 3.03. The number of hydrogen-bond donors (Lipinski definition) is 3. The quantitative estimate of drug-likeness (QED) is 0.583. The Bertz CT molecular complexity index is 1010. The summed E-state index contributed by atoms with van der Waals surface area (Å²) in [6.07, 6.45) is 2.93. The molecule has 1 aliphatic heterocycles. The molecule has 30 heavy (non-hydrogen) atoms. The van der Waals surface area contributed by atoms with Gasteiger partial charge in [0.05, 0.1) is 16.3 Å². The molecule has 0 radical (unpaired) electrons. The van der Waals surface area contributed by atoms with Crippen LogP contribution in [0.1, 0.15) is 22.3 Å². The first-order chi connectivity index (χ1) is 14.4. The van der Waals surface area contributed by atoms with Crippen molar-refractivity contribution in [2.75, 3.05) is 25.1 Å². The zero-order chi connectivity index (χ0) is 21.5. The van der Waals surface area contributed by atoms with Crippen molar-refractivity contribution >= 4 is 41.1 Å². The number of nitrogens with two attached hydrogens (primary N) is 1. The number of primary amides is 1. The number of halogens is 1. The van der Waals surface area contributed by atoms with Crippen LogP contribution in [0.25, 0.3) is 6.08 Å². The molecule has 3 amide bonds. The van der Waals surface area contributed by atoms with Crippen molar-refractivity contribution in [1.82, 2.24) is 5.32 Å². The van der Waals surface area contributed by atoms with Crippen molar-refractivity contribution in [3.8, 4) is 11.5 Å². The molecular formula is C21H20ClN3O5. The van der Waals surface area contributed by atoms with Gasteiger partial charge in [-0.3, -0.25) is 14.4 Å². The van der Waals surface area contributed by atoms with Gasteiger partial charge in [-0.1, -0.05) is 23.7 Å². The van der Waals surface area contributed by atoms with Crippen molar-refractivity contribution in [1.29, 1.82) is 0 Å². The maximum Gasteiger partial charge on any atom is 0.253 e. The Kier molecular flexibility index (Phi) is 6.92. The highest BCUT2D eigenvalue weighted by atomic mass is 35.5. The lowest BCUT2D eigenvalue weighted by atomic mass is 10.1. The first kappa shape index (κ1) is 21.2. The second-order valence-electron chi connectivity index (χ2n) is 6.37. The largest absolute Gasteiger partial charge is 0.486 e. The third-order valence-electron chi connectivity index (χ3n) is 4.13. The van der Waals surface area contributed by atoms with Crippen LogP contribution in [0.4, 0.5) is 5.69 Å². The molecule has 3 rings (SSSR count). The SMILES string of the molecule is NC(=O)CCNC(=O)c1ccccc1NC(=O)/C=C/c1cc(Cl)c2c(c1)OCCO2. The summed E-state index contributed by atoms with van der Waals surface area (Å²) in [6, 6.07) is 9.93. The van der Waals surface area contributed by atoms with Crippen LogP contribution < -0.4 is 25.8 Å². The van der Waals surface area contributed by atoms with Crippen LogP contribution in [0.5, 0.6) is 11.5 Å². The molecule has 1 aliphatic rings. The van der Waals surface area contributed by atoms with E-state index in [1.807, 2.05) is 0 Å². The molecule has 0 aliphatic carbocycles. The Balaban J connectivity index is 1.67. The van der Waals surface area contributed by atoms with Gasteiger partial charge in [-0.2, -0.15) is 0 Å². The van der Waals surface area contributed by atoms with E-state index in [0.717, 1.165) is 0 Å². The highest BCUT2D eigenvalue weighted by molar-refractivity contribution is 6.32. The van der Waals surface area contributed by atoms with Gasteiger partial charge in [0, 0.05) is 19.0 Å². The molecule has 0 aromatic heterocycles. The van der Waals surface area contributed by atoms with Crippen LogP contribution in [0.3, 0.4) is 0 Å². The van der Waals surface area contributed by atoms with E-state index in [-0.39, 0.29) is 18.5 Å². The number of para-hydroxylation sites is 1. The van der Waals surface area contributed by atoms with Crippen LogP contribution in [0, 0.1) is 0 Å². The fraction of sp³-hybridized carbons (Fsp3) is 0.190. The zero-order valence-electron chi connectivity index (χ0n) is 15.9. The molecule has 0 atom stereocenters. The van der Waals surface area contributed by atoms with Gasteiger partial charge in [-0.15, -0.1) is 0 Å². The number of ether oxygens (including phenoxy) is 2. The molecule has 0 bridgehead atoms. The molecule has 0 unspecified atom stereocenters. The van der Waals surface area contributed by atoms with Gasteiger partial charge in [0.2, 0.25) is 11.8 Å². The minimum atomic E-state index is -0.513. The van der Waals surface area contributed by atoms with Crippen LogP contribution in [-0.2, 0) is 9.59 Å². The second-order valence-corrected chi connectivity index (χ2v) is 6.77. The first-order valence-corrected chi connectivity index (χ1v) is 9.55. The van der Waals surface area contributed by atoms with Gasteiger partial charge in [0.25, 0.3) is 5.91 Å². The number of amides is 3. The standard InChI is InChI=1S/C21H20ClN3O5/c22-15-11-13(12-17-20(15)30-10-9-29-17)5-6-19(27)25-16-4-2-1-3-14(16)21(28)24-8-7-18(23)26/h1-6,11-12H,7-10H2,(H2,23,26)(H,24,28)(H,25,27)/b6-5+. The van der Waals surface area contributed by atoms with Crippen molar-refractivity contribution in [2.24, 2.45) is 5.73 Å². The third-order valence-corrected chi connectivity index (χ3v) is 4.41. The molecule has 0 saturated heterocycles. The number of carbonyl (C=O) groups excluding carboxylic acids is 3. The summed E-state index contributed by atoms with van der Waals surface area (Å²) < 4.78 is 11.0. The monoisotopic (exact) mass is 429 g/mol. The van der Waals surface area contributed by atoms with Crippen molar-refractivity contribution < 1.29 is 23.9 Å². The van der Waals surface area contributed by atoms with Crippen molar-refractivity contribution in [3.63, 3.8) is 0 Å². The number of anilines is 1. The van der Waals surface area contributed by atoms with E-state index in [9.17, 15) is 14.4 Å². The van der Waals surface area contributed by atoms with Crippen LogP contribution in [0.15, 0.2) is 42.5 Å². The maximum atomic E-state index is 12.4. The smallest absolute Gasteiger partial charge is 0.253 e. The Morgan fingerprint density at radius 3 is 2.70 bits per heavy atom. The van der Waals surface area contributed by atoms with E-state index in [2.05, 4.69) is 10.6 Å². The highest BCUT2D eigenvalue weighted by Crippen LogP contribution is 2.38. The number of nitrogens with one attached hydrogen (secondary N) is 2. The topological polar surface area (TPSA) is 120 Å². The fourth-order valence-electron chi connectivity index (χ4n) is 2.76. The minimum Gasteiger partial charge on any atom is -0.486 e. The molecule has 2 aromatic carbocycles. The predicted molar refractivity (Wildman–Crippen MR) is 113 cm³/mol. The summed E-state index contributed by atoms with van der Waals surface area (Å²) in [5, 5.41) is 5.65. The maximum absolute atomic E-state index is 12.4. The Morgan fingerprint density at radius 2 is 1.90 bits per heavy atom. The Labute approximate surface area is 178 Å². The van der Waals surface area contributed by atoms with E-state index < -0.39 is 17.7 Å². The van der Waals surface area contributed by atoms with E-state index in [1.54, 1.807) is 42.5 Å². The van der Waals surface area contributed by atoms with Gasteiger partial charge in [-0.05, 0) is 35.9 Å². The average molecular weight is 430 g/mol. The van der Waals surface area contributed by atoms with Crippen molar-refractivity contribution in [3.05, 3.63) is 58.6 Å². The second kappa shape index (κ2) is 9.80. The lowest BCUT2D eigenvalue weighted by molar-refractivity contribution is -0.118. The first-order valence-electron chi connectivity index (χ1n) is 9.18. The van der Waals surface area contributed by atoms with E-state index in [4.69, 9.17) is 26.8 Å². The normalized spacial score (nSPS) is 12.4. The van der Waals surface area contributed by atoms with Gasteiger partial charge in [-0.25, -0.2) is 0 Å². The molecule has 0 spiro atoms. The van der Waals surface area contributed by atoms with Crippen LogP contribution in [-0.4, -0.2) is 37.5 Å². The van der Waals surface area contributed by atoms with Gasteiger partial charge in [0.15, 0.2) is 11.5 Å². The highest BCUT2D eigenvalue weighted by Gasteiger charge is 2.16. The van der Waals surface area contributed by atoms with Gasteiger partial charge >= 0.3 is 0 Å². The molecule has 2 aromatic rings. The van der Waals surface area contributed by atoms with Crippen molar-refractivity contribution in [2.45, 2.75) is 6.42 Å². The molecule has 8 nitrogen and oxygen atoms in total. The van der Waals surface area contributed by atoms with E-state index in [0.29, 0.717) is 41.0 Å². The molecule has 0 saturated carbocycles. The number of hydrogen-bond acceptors (Lipinski definition) is 5. The molecule has 4 N–H and O–H groups in total. The Morgan fingerprint density at radius 1 is 1.13 bits per heavy atom. The van der Waals surface area contributed by atoms with E-state index in [1.165, 1.54) is 6.08 Å². The molecule has 1 heterocycles. The number of rotatable bonds is 7. The summed E-state index contributed by atoms with van der Waals surface area (Å²) in [5.74, 6) is -0.359. The summed E-state index contributed by atoms with van der Waals surface area (Å²) in [5.41, 5.74) is 6.33. The number of fused-ring (bicyclic) bond motifs is 1. The van der Waals surface area contributed by atoms with Gasteiger partial charge < -0.3 is 25.8 Å². The molecular weight excluding hydrogens is 410 g/mol. The zero-order valence-corrected chi connectivity index (χ0v) is 16.7. The lowest BCUT2D eigenvalue weighted by Gasteiger charge is -2.19. The summed E-state index contributed by atoms with van der Waals surface area (Å²) in [4.78, 5) is 35.5. The number of benzene rings is 2. The average Bonchev–Trinajstić information content (AvgIpc) is 2.72.